The number of hydrogen-bond donors (Lipinski definition) is 1. The highest BCUT2D eigenvalue weighted by Gasteiger charge is 2.20. The highest BCUT2D eigenvalue weighted by molar-refractivity contribution is 4.68. The highest BCUT2D eigenvalue weighted by Crippen LogP contribution is 2.18. The molecule has 1 saturated heterocycles. The van der Waals surface area contributed by atoms with Gasteiger partial charge in [-0.3, -0.25) is 0 Å². The number of ether oxygens (including phenoxy) is 1. The van der Waals surface area contributed by atoms with Crippen LogP contribution in [0.4, 0.5) is 0 Å². The first-order valence-electron chi connectivity index (χ1n) is 8.25. The standard InChI is InChI=1S/C16H33NO/c17-14-12-10-8-6-4-2-1-3-5-7-9-11-13-16-15-18-16/h16H,1-15,17H2. The van der Waals surface area contributed by atoms with Gasteiger partial charge in [-0.25, -0.2) is 0 Å². The number of nitrogens with two attached hydrogens (primary N) is 1. The summed E-state index contributed by atoms with van der Waals surface area (Å²) in [5.41, 5.74) is 5.47. The normalized spacial score (nSPS) is 18.2. The third-order valence-electron chi connectivity index (χ3n) is 3.88. The summed E-state index contributed by atoms with van der Waals surface area (Å²) in [4.78, 5) is 0. The molecule has 1 fully saturated rings. The fourth-order valence-electron chi connectivity index (χ4n) is 2.52. The minimum absolute atomic E-state index is 0.643. The van der Waals surface area contributed by atoms with Crippen LogP contribution in [-0.4, -0.2) is 19.3 Å². The molecule has 108 valence electrons. The minimum atomic E-state index is 0.643. The molecule has 0 aromatic rings. The second-order valence-electron chi connectivity index (χ2n) is 5.78. The molecule has 0 bridgehead atoms. The van der Waals surface area contributed by atoms with Gasteiger partial charge in [0, 0.05) is 0 Å². The Morgan fingerprint density at radius 1 is 0.667 bits per heavy atom. The molecule has 2 heteroatoms. The van der Waals surface area contributed by atoms with Crippen molar-refractivity contribution in [3.05, 3.63) is 0 Å². The molecule has 0 spiro atoms. The molecule has 0 amide bonds. The Kier molecular flexibility index (Phi) is 10.6. The van der Waals surface area contributed by atoms with Gasteiger partial charge in [0.25, 0.3) is 0 Å². The lowest BCUT2D eigenvalue weighted by Gasteiger charge is -2.02. The van der Waals surface area contributed by atoms with Gasteiger partial charge in [0.2, 0.25) is 0 Å². The average molecular weight is 255 g/mol. The molecule has 1 atom stereocenters. The maximum absolute atomic E-state index is 5.47. The first kappa shape index (κ1) is 16.0. The van der Waals surface area contributed by atoms with E-state index in [1.54, 1.807) is 0 Å². The zero-order chi connectivity index (χ0) is 12.9. The van der Waals surface area contributed by atoms with Gasteiger partial charge in [-0.15, -0.1) is 0 Å². The van der Waals surface area contributed by atoms with Crippen LogP contribution in [0.2, 0.25) is 0 Å². The lowest BCUT2D eigenvalue weighted by molar-refractivity contribution is 0.387. The summed E-state index contributed by atoms with van der Waals surface area (Å²) in [6.45, 7) is 1.90. The molecule has 2 N–H and O–H groups in total. The second kappa shape index (κ2) is 12.0. The SMILES string of the molecule is NCCCCCCCCCCCCCCC1CO1. The van der Waals surface area contributed by atoms with E-state index in [2.05, 4.69) is 0 Å². The van der Waals surface area contributed by atoms with Crippen LogP contribution in [0, 0.1) is 0 Å². The molecule has 0 aliphatic carbocycles. The largest absolute Gasteiger partial charge is 0.373 e. The van der Waals surface area contributed by atoms with E-state index in [9.17, 15) is 0 Å². The van der Waals surface area contributed by atoms with Crippen molar-refractivity contribution in [1.29, 1.82) is 0 Å². The fraction of sp³-hybridized carbons (Fsp3) is 1.00. The van der Waals surface area contributed by atoms with E-state index >= 15 is 0 Å². The van der Waals surface area contributed by atoms with Crippen molar-refractivity contribution < 1.29 is 4.74 Å². The van der Waals surface area contributed by atoms with Crippen LogP contribution in [0.3, 0.4) is 0 Å². The van der Waals surface area contributed by atoms with Crippen molar-refractivity contribution in [1.82, 2.24) is 0 Å². The summed E-state index contributed by atoms with van der Waals surface area (Å²) >= 11 is 0. The monoisotopic (exact) mass is 255 g/mol. The van der Waals surface area contributed by atoms with Crippen molar-refractivity contribution in [2.45, 2.75) is 89.6 Å². The topological polar surface area (TPSA) is 38.5 Å². The third kappa shape index (κ3) is 11.0. The fourth-order valence-corrected chi connectivity index (χ4v) is 2.52. The number of unbranched alkanes of at least 4 members (excludes halogenated alkanes) is 11. The van der Waals surface area contributed by atoms with Gasteiger partial charge < -0.3 is 10.5 Å². The van der Waals surface area contributed by atoms with E-state index in [-0.39, 0.29) is 0 Å². The Bertz CT molecular complexity index is 168. The van der Waals surface area contributed by atoms with Crippen molar-refractivity contribution in [3.8, 4) is 0 Å². The highest BCUT2D eigenvalue weighted by atomic mass is 16.6. The summed E-state index contributed by atoms with van der Waals surface area (Å²) < 4.78 is 5.21. The molecular formula is C16H33NO. The van der Waals surface area contributed by atoms with Gasteiger partial charge in [0.05, 0.1) is 12.7 Å². The Hall–Kier alpha value is -0.0800. The first-order valence-corrected chi connectivity index (χ1v) is 8.25. The number of epoxide rings is 1. The Balaban J connectivity index is 1.60. The third-order valence-corrected chi connectivity index (χ3v) is 3.88. The molecule has 0 aromatic carbocycles. The van der Waals surface area contributed by atoms with E-state index in [4.69, 9.17) is 10.5 Å². The molecule has 1 rings (SSSR count). The minimum Gasteiger partial charge on any atom is -0.373 e. The lowest BCUT2D eigenvalue weighted by Crippen LogP contribution is -1.97. The van der Waals surface area contributed by atoms with E-state index in [0.717, 1.165) is 13.2 Å². The van der Waals surface area contributed by atoms with Crippen LogP contribution in [0.5, 0.6) is 0 Å². The van der Waals surface area contributed by atoms with Crippen molar-refractivity contribution in [2.75, 3.05) is 13.2 Å². The summed E-state index contributed by atoms with van der Waals surface area (Å²) in [6.07, 6.45) is 18.8. The lowest BCUT2D eigenvalue weighted by atomic mass is 10.0. The zero-order valence-corrected chi connectivity index (χ0v) is 12.2. The molecule has 0 aromatic heterocycles. The Morgan fingerprint density at radius 3 is 1.44 bits per heavy atom. The van der Waals surface area contributed by atoms with Gasteiger partial charge in [0.1, 0.15) is 0 Å². The van der Waals surface area contributed by atoms with E-state index in [0.29, 0.717) is 6.10 Å². The van der Waals surface area contributed by atoms with Crippen LogP contribution in [0.15, 0.2) is 0 Å². The second-order valence-corrected chi connectivity index (χ2v) is 5.78. The maximum atomic E-state index is 5.47. The number of hydrogen-bond acceptors (Lipinski definition) is 2. The van der Waals surface area contributed by atoms with Gasteiger partial charge >= 0.3 is 0 Å². The van der Waals surface area contributed by atoms with Gasteiger partial charge in [-0.2, -0.15) is 0 Å². The number of rotatable bonds is 14. The molecular weight excluding hydrogens is 222 g/mol. The molecule has 0 saturated carbocycles. The van der Waals surface area contributed by atoms with Gasteiger partial charge in [0.15, 0.2) is 0 Å². The van der Waals surface area contributed by atoms with Crippen molar-refractivity contribution in [2.24, 2.45) is 5.73 Å². The maximum Gasteiger partial charge on any atom is 0.0810 e. The molecule has 1 unspecified atom stereocenters. The smallest absolute Gasteiger partial charge is 0.0810 e. The van der Waals surface area contributed by atoms with Crippen molar-refractivity contribution >= 4 is 0 Å². The molecule has 0 radical (unpaired) electrons. The Morgan fingerprint density at radius 2 is 1.06 bits per heavy atom. The molecule has 2 nitrogen and oxygen atoms in total. The predicted molar refractivity (Wildman–Crippen MR) is 78.8 cm³/mol. The van der Waals surface area contributed by atoms with Crippen LogP contribution in [-0.2, 0) is 4.74 Å². The van der Waals surface area contributed by atoms with Crippen LogP contribution in [0.1, 0.15) is 83.5 Å². The Labute approximate surface area is 114 Å². The van der Waals surface area contributed by atoms with Crippen LogP contribution >= 0.6 is 0 Å². The summed E-state index contributed by atoms with van der Waals surface area (Å²) in [7, 11) is 0. The van der Waals surface area contributed by atoms with Gasteiger partial charge in [-0.05, 0) is 19.4 Å². The van der Waals surface area contributed by atoms with E-state index < -0.39 is 0 Å². The summed E-state index contributed by atoms with van der Waals surface area (Å²) in [5, 5.41) is 0. The summed E-state index contributed by atoms with van der Waals surface area (Å²) in [6, 6.07) is 0. The van der Waals surface area contributed by atoms with Crippen LogP contribution < -0.4 is 5.73 Å². The molecule has 1 aliphatic heterocycles. The van der Waals surface area contributed by atoms with E-state index in [1.165, 1.54) is 83.5 Å². The van der Waals surface area contributed by atoms with Gasteiger partial charge in [-0.1, -0.05) is 70.6 Å². The predicted octanol–water partition coefficient (Wildman–Crippen LogP) is 4.42. The van der Waals surface area contributed by atoms with E-state index in [1.807, 2.05) is 0 Å². The molecule has 1 heterocycles. The first-order chi connectivity index (χ1) is 8.93. The zero-order valence-electron chi connectivity index (χ0n) is 12.2. The quantitative estimate of drug-likeness (QED) is 0.369. The molecule has 1 aliphatic rings. The average Bonchev–Trinajstić information content (AvgIpc) is 3.19. The van der Waals surface area contributed by atoms with Crippen molar-refractivity contribution in [3.63, 3.8) is 0 Å². The van der Waals surface area contributed by atoms with Crippen LogP contribution in [0.25, 0.3) is 0 Å². The molecule has 18 heavy (non-hydrogen) atoms. The summed E-state index contributed by atoms with van der Waals surface area (Å²) in [5.74, 6) is 0.